The quantitative estimate of drug-likeness (QED) is 0.350. The summed E-state index contributed by atoms with van der Waals surface area (Å²) in [5.41, 5.74) is 11.4. The number of Topliss-reactive ketones (excluding diaryl/α,β-unsaturated/α-hetero) is 1. The molecule has 3 N–H and O–H groups in total. The molecule has 0 spiro atoms. The number of ketones is 1. The first-order valence-electron chi connectivity index (χ1n) is 12.9. The summed E-state index contributed by atoms with van der Waals surface area (Å²) in [5.74, 6) is -0.999. The van der Waals surface area contributed by atoms with E-state index in [9.17, 15) is 19.2 Å². The van der Waals surface area contributed by atoms with E-state index >= 15 is 0 Å². The Bertz CT molecular complexity index is 1590. The van der Waals surface area contributed by atoms with Crippen molar-refractivity contribution in [2.75, 3.05) is 16.0 Å². The van der Waals surface area contributed by atoms with E-state index in [4.69, 9.17) is 5.73 Å². The molecular formula is C29H27FN6O2S2. The molecule has 1 aliphatic heterocycles. The Morgan fingerprint density at radius 3 is 2.75 bits per heavy atom. The van der Waals surface area contributed by atoms with Gasteiger partial charge in [0, 0.05) is 23.4 Å². The number of nitrogens with two attached hydrogens (primary N) is 1. The lowest BCUT2D eigenvalue weighted by molar-refractivity contribution is -0.116. The maximum absolute atomic E-state index is 13.6. The number of thioether (sulfide) groups is 1. The maximum atomic E-state index is 13.6. The average molecular weight is 575 g/mol. The summed E-state index contributed by atoms with van der Waals surface area (Å²) in [4.78, 5) is 27.5. The predicted molar refractivity (Wildman–Crippen MR) is 154 cm³/mol. The van der Waals surface area contributed by atoms with E-state index in [2.05, 4.69) is 28.5 Å². The maximum Gasteiger partial charge on any atom is 0.234 e. The SMILES string of the molecule is CCc1ccc(C2C(C#N)=C(N)N(c3nnc(SCC(=O)Nc4cc(F)ccc4C)s3)C3=C2C(=O)CCC3)cc1. The van der Waals surface area contributed by atoms with Gasteiger partial charge in [0.15, 0.2) is 10.1 Å². The molecule has 11 heteroatoms. The van der Waals surface area contributed by atoms with Crippen LogP contribution in [0.25, 0.3) is 0 Å². The van der Waals surface area contributed by atoms with Crippen molar-refractivity contribution < 1.29 is 14.0 Å². The number of rotatable bonds is 7. The normalized spacial score (nSPS) is 17.1. The molecule has 0 saturated heterocycles. The summed E-state index contributed by atoms with van der Waals surface area (Å²) in [7, 11) is 0. The Labute approximate surface area is 239 Å². The van der Waals surface area contributed by atoms with Gasteiger partial charge in [-0.2, -0.15) is 5.26 Å². The van der Waals surface area contributed by atoms with Gasteiger partial charge in [0.2, 0.25) is 11.0 Å². The number of halogens is 1. The number of carbonyl (C=O) groups is 2. The molecule has 0 fully saturated rings. The second-order valence-electron chi connectivity index (χ2n) is 9.56. The first-order valence-corrected chi connectivity index (χ1v) is 14.7. The molecule has 8 nitrogen and oxygen atoms in total. The van der Waals surface area contributed by atoms with Crippen molar-refractivity contribution in [2.24, 2.45) is 5.73 Å². The minimum Gasteiger partial charge on any atom is -0.384 e. The van der Waals surface area contributed by atoms with Gasteiger partial charge in [0.05, 0.1) is 23.3 Å². The number of aromatic nitrogens is 2. The van der Waals surface area contributed by atoms with Crippen LogP contribution in [0.1, 0.15) is 48.8 Å². The van der Waals surface area contributed by atoms with Crippen LogP contribution in [-0.2, 0) is 16.0 Å². The Morgan fingerprint density at radius 1 is 1.25 bits per heavy atom. The number of carbonyl (C=O) groups excluding carboxylic acids is 2. The average Bonchev–Trinajstić information content (AvgIpc) is 3.42. The van der Waals surface area contributed by atoms with Crippen LogP contribution in [0.15, 0.2) is 69.5 Å². The Kier molecular flexibility index (Phi) is 8.00. The van der Waals surface area contributed by atoms with E-state index in [1.807, 2.05) is 24.3 Å². The van der Waals surface area contributed by atoms with E-state index < -0.39 is 11.7 Å². The summed E-state index contributed by atoms with van der Waals surface area (Å²) >= 11 is 2.41. The van der Waals surface area contributed by atoms with Crippen molar-refractivity contribution in [3.63, 3.8) is 0 Å². The summed E-state index contributed by atoms with van der Waals surface area (Å²) in [6.07, 6.45) is 2.58. The summed E-state index contributed by atoms with van der Waals surface area (Å²) < 4.78 is 14.1. The molecule has 1 amide bonds. The number of anilines is 2. The number of hydrogen-bond acceptors (Lipinski definition) is 9. The zero-order chi connectivity index (χ0) is 28.4. The number of benzene rings is 2. The molecule has 0 bridgehead atoms. The van der Waals surface area contributed by atoms with Crippen LogP contribution in [-0.4, -0.2) is 27.6 Å². The highest BCUT2D eigenvalue weighted by Gasteiger charge is 2.41. The zero-order valence-electron chi connectivity index (χ0n) is 22.0. The molecule has 1 aromatic heterocycles. The molecule has 3 aromatic rings. The second-order valence-corrected chi connectivity index (χ2v) is 11.7. The fraction of sp³-hybridized carbons (Fsp3) is 0.276. The molecule has 40 heavy (non-hydrogen) atoms. The van der Waals surface area contributed by atoms with Gasteiger partial charge in [-0.25, -0.2) is 4.39 Å². The third kappa shape index (κ3) is 5.37. The number of nitrogens with one attached hydrogen (secondary N) is 1. The Balaban J connectivity index is 1.41. The third-order valence-corrected chi connectivity index (χ3v) is 9.06. The minimum absolute atomic E-state index is 0.000468. The van der Waals surface area contributed by atoms with E-state index in [-0.39, 0.29) is 23.3 Å². The molecule has 2 aliphatic rings. The summed E-state index contributed by atoms with van der Waals surface area (Å²) in [6.45, 7) is 3.86. The highest BCUT2D eigenvalue weighted by molar-refractivity contribution is 8.01. The van der Waals surface area contributed by atoms with Gasteiger partial charge in [0.1, 0.15) is 11.6 Å². The third-order valence-electron chi connectivity index (χ3n) is 7.02. The zero-order valence-corrected chi connectivity index (χ0v) is 23.7. The van der Waals surface area contributed by atoms with Crippen LogP contribution in [0, 0.1) is 24.1 Å². The van der Waals surface area contributed by atoms with Gasteiger partial charge < -0.3 is 11.1 Å². The first-order chi connectivity index (χ1) is 19.3. The number of aryl methyl sites for hydroxylation is 2. The van der Waals surface area contributed by atoms with Gasteiger partial charge in [-0.3, -0.25) is 14.5 Å². The number of nitriles is 1. The lowest BCUT2D eigenvalue weighted by Gasteiger charge is -2.38. The van der Waals surface area contributed by atoms with Crippen molar-refractivity contribution in [3.05, 3.63) is 87.6 Å². The molecule has 5 rings (SSSR count). The molecule has 204 valence electrons. The smallest absolute Gasteiger partial charge is 0.234 e. The Morgan fingerprint density at radius 2 is 2.02 bits per heavy atom. The molecule has 0 radical (unpaired) electrons. The molecule has 1 aliphatic carbocycles. The van der Waals surface area contributed by atoms with Gasteiger partial charge in [-0.05, 0) is 55.0 Å². The van der Waals surface area contributed by atoms with E-state index in [0.29, 0.717) is 45.6 Å². The van der Waals surface area contributed by atoms with E-state index in [0.717, 1.165) is 23.2 Å². The molecule has 0 saturated carbocycles. The lowest BCUT2D eigenvalue weighted by atomic mass is 9.75. The van der Waals surface area contributed by atoms with Gasteiger partial charge in [0.25, 0.3) is 0 Å². The van der Waals surface area contributed by atoms with E-state index in [1.54, 1.807) is 17.9 Å². The van der Waals surface area contributed by atoms with Crippen molar-refractivity contribution in [3.8, 4) is 6.07 Å². The number of nitrogens with zero attached hydrogens (tertiary/aromatic N) is 4. The van der Waals surface area contributed by atoms with Crippen LogP contribution < -0.4 is 16.0 Å². The molecule has 2 heterocycles. The van der Waals surface area contributed by atoms with Crippen molar-refractivity contribution in [1.29, 1.82) is 5.26 Å². The lowest BCUT2D eigenvalue weighted by Crippen LogP contribution is -2.38. The van der Waals surface area contributed by atoms with Gasteiger partial charge in [-0.15, -0.1) is 10.2 Å². The minimum atomic E-state index is -0.535. The molecule has 1 unspecified atom stereocenters. The largest absolute Gasteiger partial charge is 0.384 e. The monoisotopic (exact) mass is 574 g/mol. The second kappa shape index (κ2) is 11.6. The Hall–Kier alpha value is -4.01. The fourth-order valence-electron chi connectivity index (χ4n) is 4.98. The van der Waals surface area contributed by atoms with Crippen LogP contribution >= 0.6 is 23.1 Å². The molecular weight excluding hydrogens is 547 g/mol. The number of amides is 1. The van der Waals surface area contributed by atoms with E-state index in [1.165, 1.54) is 40.8 Å². The van der Waals surface area contributed by atoms with Crippen LogP contribution in [0.3, 0.4) is 0 Å². The highest BCUT2D eigenvalue weighted by atomic mass is 32.2. The van der Waals surface area contributed by atoms with Gasteiger partial charge >= 0.3 is 0 Å². The van der Waals surface area contributed by atoms with Crippen molar-refractivity contribution in [1.82, 2.24) is 10.2 Å². The van der Waals surface area contributed by atoms with Crippen LogP contribution in [0.2, 0.25) is 0 Å². The topological polar surface area (TPSA) is 125 Å². The highest BCUT2D eigenvalue weighted by Crippen LogP contribution is 2.47. The van der Waals surface area contributed by atoms with Crippen molar-refractivity contribution >= 4 is 45.6 Å². The fourth-order valence-corrected chi connectivity index (χ4v) is 6.66. The van der Waals surface area contributed by atoms with Crippen molar-refractivity contribution in [2.45, 2.75) is 49.8 Å². The number of allylic oxidation sites excluding steroid dienone is 3. The standard InChI is InChI=1S/C29H27FN6O2S2/c1-3-17-8-10-18(11-9-17)25-20(14-31)27(32)36(22-5-4-6-23(37)26(22)25)28-34-35-29(40-28)39-15-24(38)33-21-13-19(30)12-7-16(21)2/h7-13,25H,3-6,15,32H2,1-2H3,(H,33,38). The van der Waals surface area contributed by atoms with Crippen LogP contribution in [0.4, 0.5) is 15.2 Å². The van der Waals surface area contributed by atoms with Gasteiger partial charge in [-0.1, -0.05) is 60.4 Å². The summed E-state index contributed by atoms with van der Waals surface area (Å²) in [6, 6.07) is 14.4. The molecule has 1 atom stereocenters. The first kappa shape index (κ1) is 27.6. The number of hydrogen-bond donors (Lipinski definition) is 2. The summed E-state index contributed by atoms with van der Waals surface area (Å²) in [5, 5.41) is 21.9. The van der Waals surface area contributed by atoms with Crippen LogP contribution in [0.5, 0.6) is 0 Å². The predicted octanol–water partition coefficient (Wildman–Crippen LogP) is 5.58. The molecule has 2 aromatic carbocycles.